The van der Waals surface area contributed by atoms with Crippen LogP contribution in [0.2, 0.25) is 0 Å². The maximum atomic E-state index is 12.3. The van der Waals surface area contributed by atoms with E-state index in [4.69, 9.17) is 0 Å². The van der Waals surface area contributed by atoms with Gasteiger partial charge in [0.1, 0.15) is 5.54 Å². The van der Waals surface area contributed by atoms with Crippen molar-refractivity contribution in [2.45, 2.75) is 45.6 Å². The number of hydrogen-bond donors (Lipinski definition) is 2. The standard InChI is InChI=1S/C13H19N5O3/c1-8-9(2)16-17-11(14-8)15-12(21)18-7-5-4-6-13(18,3)10(19)20/h4-7H2,1-3H3,(H,19,20)(H,14,15,17,21). The summed E-state index contributed by atoms with van der Waals surface area (Å²) < 4.78 is 0. The second kappa shape index (κ2) is 5.63. The van der Waals surface area contributed by atoms with Crippen LogP contribution in [0.3, 0.4) is 0 Å². The number of carbonyl (C=O) groups excluding carboxylic acids is 1. The second-order valence-corrected chi connectivity index (χ2v) is 5.42. The molecule has 1 aromatic heterocycles. The molecule has 1 unspecified atom stereocenters. The van der Waals surface area contributed by atoms with E-state index in [2.05, 4.69) is 20.5 Å². The SMILES string of the molecule is Cc1nnc(NC(=O)N2CCCCC2(C)C(=O)O)nc1C. The van der Waals surface area contributed by atoms with E-state index in [1.54, 1.807) is 20.8 Å². The Balaban J connectivity index is 2.18. The molecule has 0 aromatic carbocycles. The zero-order valence-corrected chi connectivity index (χ0v) is 12.4. The molecule has 1 fully saturated rings. The molecule has 8 nitrogen and oxygen atoms in total. The van der Waals surface area contributed by atoms with E-state index in [9.17, 15) is 14.7 Å². The van der Waals surface area contributed by atoms with Gasteiger partial charge in [-0.15, -0.1) is 5.10 Å². The quantitative estimate of drug-likeness (QED) is 0.852. The van der Waals surface area contributed by atoms with Crippen LogP contribution in [0.25, 0.3) is 0 Å². The summed E-state index contributed by atoms with van der Waals surface area (Å²) in [4.78, 5) is 29.3. The van der Waals surface area contributed by atoms with Crippen molar-refractivity contribution < 1.29 is 14.7 Å². The van der Waals surface area contributed by atoms with Gasteiger partial charge in [-0.3, -0.25) is 5.32 Å². The van der Waals surface area contributed by atoms with Crippen LogP contribution in [0.15, 0.2) is 0 Å². The number of rotatable bonds is 2. The summed E-state index contributed by atoms with van der Waals surface area (Å²) in [5, 5.41) is 19.6. The van der Waals surface area contributed by atoms with E-state index in [-0.39, 0.29) is 5.95 Å². The summed E-state index contributed by atoms with van der Waals surface area (Å²) in [6.07, 6.45) is 2.00. The highest BCUT2D eigenvalue weighted by molar-refractivity contribution is 5.92. The molecule has 0 aliphatic carbocycles. The molecule has 1 atom stereocenters. The first-order chi connectivity index (χ1) is 9.84. The second-order valence-electron chi connectivity index (χ2n) is 5.42. The van der Waals surface area contributed by atoms with Crippen molar-refractivity contribution in [2.24, 2.45) is 0 Å². The van der Waals surface area contributed by atoms with E-state index in [1.807, 2.05) is 0 Å². The molecule has 8 heteroatoms. The Morgan fingerprint density at radius 3 is 2.57 bits per heavy atom. The Hall–Kier alpha value is -2.25. The molecular weight excluding hydrogens is 274 g/mol. The summed E-state index contributed by atoms with van der Waals surface area (Å²) in [5.74, 6) is -0.919. The number of nitrogens with zero attached hydrogens (tertiary/aromatic N) is 4. The van der Waals surface area contributed by atoms with Crippen LogP contribution in [-0.4, -0.2) is 49.3 Å². The number of aromatic nitrogens is 3. The number of amides is 2. The predicted octanol–water partition coefficient (Wildman–Crippen LogP) is 1.35. The summed E-state index contributed by atoms with van der Waals surface area (Å²) in [5.41, 5.74) is 0.150. The Kier molecular flexibility index (Phi) is 4.06. The Labute approximate surface area is 122 Å². The normalized spacial score (nSPS) is 22.0. The molecule has 2 rings (SSSR count). The Bertz CT molecular complexity index is 577. The predicted molar refractivity (Wildman–Crippen MR) is 74.9 cm³/mol. The largest absolute Gasteiger partial charge is 0.480 e. The third-order valence-electron chi connectivity index (χ3n) is 3.91. The van der Waals surface area contributed by atoms with Crippen molar-refractivity contribution in [1.82, 2.24) is 20.1 Å². The van der Waals surface area contributed by atoms with Crippen molar-refractivity contribution in [3.8, 4) is 0 Å². The third kappa shape index (κ3) is 2.93. The average molecular weight is 293 g/mol. The number of likely N-dealkylation sites (tertiary alicyclic amines) is 1. The van der Waals surface area contributed by atoms with Gasteiger partial charge in [-0.2, -0.15) is 5.10 Å². The van der Waals surface area contributed by atoms with Crippen LogP contribution < -0.4 is 5.32 Å². The average Bonchev–Trinajstić information content (AvgIpc) is 2.43. The van der Waals surface area contributed by atoms with Gasteiger partial charge in [-0.25, -0.2) is 14.6 Å². The van der Waals surface area contributed by atoms with Crippen LogP contribution in [0, 0.1) is 13.8 Å². The molecule has 1 saturated heterocycles. The van der Waals surface area contributed by atoms with Gasteiger partial charge in [-0.05, 0) is 40.0 Å². The van der Waals surface area contributed by atoms with Crippen LogP contribution in [0.5, 0.6) is 0 Å². The smallest absolute Gasteiger partial charge is 0.329 e. The highest BCUT2D eigenvalue weighted by Gasteiger charge is 2.44. The first-order valence-corrected chi connectivity index (χ1v) is 6.84. The van der Waals surface area contributed by atoms with Crippen molar-refractivity contribution >= 4 is 17.9 Å². The van der Waals surface area contributed by atoms with Gasteiger partial charge in [0, 0.05) is 6.54 Å². The summed E-state index contributed by atoms with van der Waals surface area (Å²) >= 11 is 0. The number of hydrogen-bond acceptors (Lipinski definition) is 5. The monoisotopic (exact) mass is 293 g/mol. The number of aryl methyl sites for hydroxylation is 2. The van der Waals surface area contributed by atoms with Gasteiger partial charge in [0.15, 0.2) is 0 Å². The number of anilines is 1. The summed E-state index contributed by atoms with van der Waals surface area (Å²) in [6.45, 7) is 5.50. The Morgan fingerprint density at radius 2 is 1.95 bits per heavy atom. The van der Waals surface area contributed by atoms with E-state index in [0.717, 1.165) is 12.8 Å². The highest BCUT2D eigenvalue weighted by atomic mass is 16.4. The van der Waals surface area contributed by atoms with E-state index < -0.39 is 17.5 Å². The fourth-order valence-electron chi connectivity index (χ4n) is 2.34. The number of carboxylic acids is 1. The van der Waals surface area contributed by atoms with Crippen molar-refractivity contribution in [1.29, 1.82) is 0 Å². The maximum absolute atomic E-state index is 12.3. The van der Waals surface area contributed by atoms with Gasteiger partial charge < -0.3 is 10.0 Å². The van der Waals surface area contributed by atoms with Crippen LogP contribution >= 0.6 is 0 Å². The molecule has 0 saturated carbocycles. The summed E-state index contributed by atoms with van der Waals surface area (Å²) in [6, 6.07) is -0.510. The molecule has 1 aliphatic rings. The first kappa shape index (κ1) is 15.1. The number of carboxylic acid groups (broad SMARTS) is 1. The minimum atomic E-state index is -1.20. The third-order valence-corrected chi connectivity index (χ3v) is 3.91. The lowest BCUT2D eigenvalue weighted by Crippen LogP contribution is -2.58. The topological polar surface area (TPSA) is 108 Å². The van der Waals surface area contributed by atoms with Crippen LogP contribution in [0.1, 0.15) is 37.6 Å². The molecular formula is C13H19N5O3. The fraction of sp³-hybridized carbons (Fsp3) is 0.615. The first-order valence-electron chi connectivity index (χ1n) is 6.84. The van der Waals surface area contributed by atoms with Gasteiger partial charge in [0.05, 0.1) is 11.4 Å². The van der Waals surface area contributed by atoms with Crippen molar-refractivity contribution in [3.05, 3.63) is 11.4 Å². The van der Waals surface area contributed by atoms with Crippen molar-refractivity contribution in [3.63, 3.8) is 0 Å². The molecule has 114 valence electrons. The Morgan fingerprint density at radius 1 is 1.24 bits per heavy atom. The van der Waals surface area contributed by atoms with Gasteiger partial charge >= 0.3 is 12.0 Å². The fourth-order valence-corrected chi connectivity index (χ4v) is 2.34. The molecule has 2 heterocycles. The number of carbonyl (C=O) groups is 2. The van der Waals surface area contributed by atoms with E-state index >= 15 is 0 Å². The zero-order valence-electron chi connectivity index (χ0n) is 12.4. The minimum Gasteiger partial charge on any atom is -0.480 e. The molecule has 0 radical (unpaired) electrons. The molecule has 21 heavy (non-hydrogen) atoms. The van der Waals surface area contributed by atoms with Crippen LogP contribution in [-0.2, 0) is 4.79 Å². The van der Waals surface area contributed by atoms with Gasteiger partial charge in [0.25, 0.3) is 5.95 Å². The lowest BCUT2D eigenvalue weighted by molar-refractivity contribution is -0.150. The van der Waals surface area contributed by atoms with Gasteiger partial charge in [-0.1, -0.05) is 0 Å². The highest BCUT2D eigenvalue weighted by Crippen LogP contribution is 2.28. The molecule has 2 N–H and O–H groups in total. The molecule has 0 spiro atoms. The number of urea groups is 1. The van der Waals surface area contributed by atoms with Gasteiger partial charge in [0.2, 0.25) is 0 Å². The lowest BCUT2D eigenvalue weighted by Gasteiger charge is -2.41. The number of nitrogens with one attached hydrogen (secondary N) is 1. The minimum absolute atomic E-state index is 0.0846. The molecule has 0 bridgehead atoms. The number of piperidine rings is 1. The molecule has 1 aliphatic heterocycles. The molecule has 2 amide bonds. The van der Waals surface area contributed by atoms with Crippen molar-refractivity contribution in [2.75, 3.05) is 11.9 Å². The van der Waals surface area contributed by atoms with E-state index in [0.29, 0.717) is 24.4 Å². The lowest BCUT2D eigenvalue weighted by atomic mass is 9.89. The molecule has 1 aromatic rings. The zero-order chi connectivity index (χ0) is 15.6. The van der Waals surface area contributed by atoms with Crippen LogP contribution in [0.4, 0.5) is 10.7 Å². The number of aliphatic carboxylic acids is 1. The maximum Gasteiger partial charge on any atom is 0.329 e. The summed E-state index contributed by atoms with van der Waals surface area (Å²) in [7, 11) is 0. The van der Waals surface area contributed by atoms with E-state index in [1.165, 1.54) is 4.90 Å².